The Morgan fingerprint density at radius 2 is 1.33 bits per heavy atom. The smallest absolute Gasteiger partial charge is 0.153 e. The molecule has 0 amide bonds. The molecule has 0 unspecified atom stereocenters. The molecule has 0 aliphatic heterocycles. The average Bonchev–Trinajstić information content (AvgIpc) is 2.85. The van der Waals surface area contributed by atoms with Crippen LogP contribution in [0.1, 0.15) is 0 Å². The summed E-state index contributed by atoms with van der Waals surface area (Å²) in [7, 11) is 0. The highest BCUT2D eigenvalue weighted by atomic mass is 79.9. The van der Waals surface area contributed by atoms with Crippen LogP contribution in [-0.4, -0.2) is 9.55 Å². The molecule has 0 spiro atoms. The monoisotopic (exact) mass is 400 g/mol. The van der Waals surface area contributed by atoms with Crippen molar-refractivity contribution < 1.29 is 0 Å². The van der Waals surface area contributed by atoms with Crippen molar-refractivity contribution in [2.24, 2.45) is 0 Å². The van der Waals surface area contributed by atoms with E-state index in [1.54, 1.807) is 0 Å². The number of aromatic nitrogens is 2. The van der Waals surface area contributed by atoms with Gasteiger partial charge in [0.1, 0.15) is 0 Å². The molecule has 0 saturated carbocycles. The van der Waals surface area contributed by atoms with E-state index in [4.69, 9.17) is 0 Å². The van der Waals surface area contributed by atoms with E-state index < -0.39 is 0 Å². The van der Waals surface area contributed by atoms with Crippen LogP contribution >= 0.6 is 31.9 Å². The van der Waals surface area contributed by atoms with Crippen LogP contribution in [0, 0.1) is 0 Å². The fraction of sp³-hybridized carbons (Fsp3) is 0. The van der Waals surface area contributed by atoms with Gasteiger partial charge in [0.15, 0.2) is 5.82 Å². The van der Waals surface area contributed by atoms with Gasteiger partial charge >= 0.3 is 0 Å². The second-order valence-electron chi connectivity index (χ2n) is 4.80. The first-order valence-corrected chi connectivity index (χ1v) is 8.14. The molecular formula is C17H10Br2N2. The Balaban J connectivity index is 2.23. The first-order valence-electron chi connectivity index (χ1n) is 6.56. The zero-order valence-electron chi connectivity index (χ0n) is 10.9. The van der Waals surface area contributed by atoms with E-state index in [1.165, 1.54) is 10.8 Å². The molecule has 0 aliphatic carbocycles. The maximum absolute atomic E-state index is 4.57. The van der Waals surface area contributed by atoms with Crippen molar-refractivity contribution in [3.63, 3.8) is 0 Å². The number of halogens is 2. The predicted octanol–water partition coefficient (Wildman–Crippen LogP) is 5.70. The minimum atomic E-state index is 0.891. The summed E-state index contributed by atoms with van der Waals surface area (Å²) in [6.45, 7) is 0. The van der Waals surface area contributed by atoms with Crippen LogP contribution < -0.4 is 0 Å². The largest absolute Gasteiger partial charge is 0.293 e. The summed E-state index contributed by atoms with van der Waals surface area (Å²) in [5.74, 6) is 0.891. The third-order valence-electron chi connectivity index (χ3n) is 3.62. The molecule has 2 aromatic heterocycles. The molecule has 21 heavy (non-hydrogen) atoms. The molecule has 2 nitrogen and oxygen atoms in total. The molecule has 4 aromatic rings. The summed E-state index contributed by atoms with van der Waals surface area (Å²) in [5, 5.41) is 2.48. The van der Waals surface area contributed by atoms with Gasteiger partial charge in [-0.2, -0.15) is 0 Å². The summed E-state index contributed by atoms with van der Waals surface area (Å²) in [5.41, 5.74) is 2.31. The Labute approximate surface area is 138 Å². The molecule has 4 heteroatoms. The number of fused-ring (bicyclic) bond motifs is 3. The van der Waals surface area contributed by atoms with Crippen LogP contribution in [0.5, 0.6) is 0 Å². The lowest BCUT2D eigenvalue weighted by Crippen LogP contribution is -1.98. The van der Waals surface area contributed by atoms with Gasteiger partial charge < -0.3 is 0 Å². The normalized spacial score (nSPS) is 11.3. The zero-order valence-corrected chi connectivity index (χ0v) is 14.1. The maximum Gasteiger partial charge on any atom is 0.153 e. The maximum atomic E-state index is 4.57. The summed E-state index contributed by atoms with van der Waals surface area (Å²) in [6, 6.07) is 18.8. The van der Waals surface area contributed by atoms with Crippen LogP contribution in [0.15, 0.2) is 69.7 Å². The van der Waals surface area contributed by atoms with Crippen molar-refractivity contribution in [3.8, 4) is 5.82 Å². The van der Waals surface area contributed by atoms with Gasteiger partial charge in [-0.05, 0) is 50.1 Å². The molecule has 4 rings (SSSR count). The third kappa shape index (κ3) is 1.93. The number of hydrogen-bond acceptors (Lipinski definition) is 1. The van der Waals surface area contributed by atoms with Gasteiger partial charge in [-0.25, -0.2) is 4.98 Å². The van der Waals surface area contributed by atoms with E-state index in [0.717, 1.165) is 25.8 Å². The molecule has 0 radical (unpaired) electrons. The van der Waals surface area contributed by atoms with Crippen LogP contribution in [0.4, 0.5) is 0 Å². The van der Waals surface area contributed by atoms with E-state index in [1.807, 2.05) is 12.3 Å². The van der Waals surface area contributed by atoms with Gasteiger partial charge in [-0.15, -0.1) is 0 Å². The van der Waals surface area contributed by atoms with E-state index in [-0.39, 0.29) is 0 Å². The number of benzene rings is 2. The van der Waals surface area contributed by atoms with Crippen molar-refractivity contribution in [2.45, 2.75) is 0 Å². The molecule has 0 N–H and O–H groups in total. The SMILES string of the molecule is Brc1ccnc(-n2c3ccccc3c3ccccc32)c1Br. The van der Waals surface area contributed by atoms with Gasteiger partial charge in [-0.3, -0.25) is 4.57 Å². The molecule has 0 saturated heterocycles. The first-order chi connectivity index (χ1) is 10.3. The molecule has 0 bridgehead atoms. The minimum absolute atomic E-state index is 0.891. The highest BCUT2D eigenvalue weighted by molar-refractivity contribution is 9.13. The average molecular weight is 402 g/mol. The van der Waals surface area contributed by atoms with E-state index in [0.29, 0.717) is 0 Å². The number of rotatable bonds is 1. The van der Waals surface area contributed by atoms with Crippen molar-refractivity contribution in [2.75, 3.05) is 0 Å². The zero-order chi connectivity index (χ0) is 14.4. The molecule has 2 heterocycles. The topological polar surface area (TPSA) is 17.8 Å². The Hall–Kier alpha value is -1.65. The summed E-state index contributed by atoms with van der Waals surface area (Å²) < 4.78 is 4.14. The van der Waals surface area contributed by atoms with Gasteiger partial charge in [0, 0.05) is 21.4 Å². The van der Waals surface area contributed by atoms with Crippen LogP contribution in [0.3, 0.4) is 0 Å². The standard InChI is InChI=1S/C17H10Br2N2/c18-13-9-10-20-17(16(13)19)21-14-7-3-1-5-11(14)12-6-2-4-8-15(12)21/h1-10H. The summed E-state index contributed by atoms with van der Waals surface area (Å²) in [4.78, 5) is 4.57. The Morgan fingerprint density at radius 1 is 0.762 bits per heavy atom. The number of nitrogens with zero attached hydrogens (tertiary/aromatic N) is 2. The Kier molecular flexibility index (Phi) is 3.08. The van der Waals surface area contributed by atoms with Crippen molar-refractivity contribution in [3.05, 3.63) is 69.7 Å². The molecular weight excluding hydrogens is 392 g/mol. The second kappa shape index (κ2) is 4.97. The highest BCUT2D eigenvalue weighted by Gasteiger charge is 2.15. The van der Waals surface area contributed by atoms with Crippen LogP contribution in [0.25, 0.3) is 27.6 Å². The fourth-order valence-corrected chi connectivity index (χ4v) is 3.42. The van der Waals surface area contributed by atoms with Crippen molar-refractivity contribution in [1.82, 2.24) is 9.55 Å². The lowest BCUT2D eigenvalue weighted by atomic mass is 10.2. The van der Waals surface area contributed by atoms with E-state index in [2.05, 4.69) is 89.9 Å². The highest BCUT2D eigenvalue weighted by Crippen LogP contribution is 2.35. The molecule has 0 fully saturated rings. The molecule has 2 aromatic carbocycles. The number of para-hydroxylation sites is 2. The summed E-state index contributed by atoms with van der Waals surface area (Å²) >= 11 is 7.20. The summed E-state index contributed by atoms with van der Waals surface area (Å²) in [6.07, 6.45) is 1.81. The fourth-order valence-electron chi connectivity index (χ4n) is 2.72. The molecule has 102 valence electrons. The van der Waals surface area contributed by atoms with Crippen molar-refractivity contribution in [1.29, 1.82) is 0 Å². The van der Waals surface area contributed by atoms with Gasteiger partial charge in [-0.1, -0.05) is 36.4 Å². The third-order valence-corrected chi connectivity index (χ3v) is 5.59. The lowest BCUT2D eigenvalue weighted by molar-refractivity contribution is 1.06. The van der Waals surface area contributed by atoms with E-state index in [9.17, 15) is 0 Å². The number of hydrogen-bond donors (Lipinski definition) is 0. The minimum Gasteiger partial charge on any atom is -0.293 e. The number of pyridine rings is 1. The predicted molar refractivity (Wildman–Crippen MR) is 94.0 cm³/mol. The van der Waals surface area contributed by atoms with Crippen LogP contribution in [-0.2, 0) is 0 Å². The second-order valence-corrected chi connectivity index (χ2v) is 6.45. The van der Waals surface area contributed by atoms with Gasteiger partial charge in [0.05, 0.1) is 15.5 Å². The van der Waals surface area contributed by atoms with Crippen molar-refractivity contribution >= 4 is 53.7 Å². The quantitative estimate of drug-likeness (QED) is 0.399. The molecule has 0 atom stereocenters. The molecule has 0 aliphatic rings. The van der Waals surface area contributed by atoms with Gasteiger partial charge in [0.2, 0.25) is 0 Å². The Bertz CT molecular complexity index is 920. The Morgan fingerprint density at radius 3 is 1.95 bits per heavy atom. The lowest BCUT2D eigenvalue weighted by Gasteiger charge is -2.09. The van der Waals surface area contributed by atoms with Crippen LogP contribution in [0.2, 0.25) is 0 Å². The first kappa shape index (κ1) is 13.0. The van der Waals surface area contributed by atoms with E-state index >= 15 is 0 Å². The van der Waals surface area contributed by atoms with Gasteiger partial charge in [0.25, 0.3) is 0 Å².